The quantitative estimate of drug-likeness (QED) is 0.596. The van der Waals surface area contributed by atoms with Crippen LogP contribution in [-0.4, -0.2) is 10.9 Å². The average molecular weight is 204 g/mol. The molecule has 2 bridgehead atoms. The second kappa shape index (κ2) is 1.76. The van der Waals surface area contributed by atoms with E-state index in [1.165, 1.54) is 4.73 Å². The Bertz CT molecular complexity index is 268. The first-order chi connectivity index (χ1) is 4.77. The number of rotatable bonds is 0. The van der Waals surface area contributed by atoms with Crippen LogP contribution in [0.5, 0.6) is 5.75 Å². The Morgan fingerprint density at radius 3 is 3.10 bits per heavy atom. The summed E-state index contributed by atoms with van der Waals surface area (Å²) >= 11 is 3.15. The number of ether oxygens (including phenoxy) is 1. The van der Waals surface area contributed by atoms with Crippen LogP contribution in [0.25, 0.3) is 0 Å². The van der Waals surface area contributed by atoms with E-state index in [-0.39, 0.29) is 0 Å². The predicted octanol–water partition coefficient (Wildman–Crippen LogP) is 1.19. The van der Waals surface area contributed by atoms with Gasteiger partial charge < -0.3 is 9.57 Å². The highest BCUT2D eigenvalue weighted by atomic mass is 79.9. The minimum atomic E-state index is -0.705. The molecule has 52 valence electrons. The van der Waals surface area contributed by atoms with Crippen molar-refractivity contribution in [2.24, 2.45) is 0 Å². The fourth-order valence-electron chi connectivity index (χ4n) is 0.714. The normalized spacial score (nSPS) is 14.3. The zero-order valence-corrected chi connectivity index (χ0v) is 6.29. The largest absolute Gasteiger partial charge is 0.539 e. The van der Waals surface area contributed by atoms with Gasteiger partial charge in [0.2, 0.25) is 0 Å². The highest BCUT2D eigenvalue weighted by Gasteiger charge is 2.21. The van der Waals surface area contributed by atoms with Gasteiger partial charge in [-0.25, -0.2) is 4.79 Å². The van der Waals surface area contributed by atoms with Crippen LogP contribution in [0.15, 0.2) is 16.9 Å². The Hall–Kier alpha value is -0.970. The van der Waals surface area contributed by atoms with Gasteiger partial charge in [-0.2, -0.15) is 4.73 Å². The van der Waals surface area contributed by atoms with Crippen molar-refractivity contribution < 1.29 is 14.4 Å². The van der Waals surface area contributed by atoms with Crippen molar-refractivity contribution in [3.63, 3.8) is 0 Å². The lowest BCUT2D eigenvalue weighted by atomic mass is 10.6. The van der Waals surface area contributed by atoms with Gasteiger partial charge in [0.25, 0.3) is 0 Å². The molecular formula is C5H2BrNO3. The van der Waals surface area contributed by atoms with Crippen molar-refractivity contribution in [2.45, 2.75) is 0 Å². The number of fused-ring (bicyclic) bond motifs is 2. The fourth-order valence-corrected chi connectivity index (χ4v) is 1.12. The molecule has 0 N–H and O–H groups in total. The molecule has 0 fully saturated rings. The van der Waals surface area contributed by atoms with Crippen molar-refractivity contribution in [3.05, 3.63) is 16.9 Å². The van der Waals surface area contributed by atoms with Crippen LogP contribution in [0, 0.1) is 0 Å². The highest BCUT2D eigenvalue weighted by molar-refractivity contribution is 9.10. The Balaban J connectivity index is 2.57. The topological polar surface area (TPSA) is 40.5 Å². The summed E-state index contributed by atoms with van der Waals surface area (Å²) in [5, 5.41) is 0. The maximum Gasteiger partial charge on any atom is 0.539 e. The van der Waals surface area contributed by atoms with Gasteiger partial charge in [-0.15, -0.1) is 0 Å². The molecular weight excluding hydrogens is 202 g/mol. The predicted molar refractivity (Wildman–Crippen MR) is 34.7 cm³/mol. The molecule has 4 nitrogen and oxygen atoms in total. The number of aromatic nitrogens is 1. The van der Waals surface area contributed by atoms with E-state index in [1.54, 1.807) is 12.3 Å². The molecule has 0 spiro atoms. The van der Waals surface area contributed by atoms with E-state index < -0.39 is 6.16 Å². The third kappa shape index (κ3) is 0.637. The standard InChI is InChI=1S/C5H2BrNO3/c6-4-3-1-2-7(4)10-5(8)9-3/h1-2H. The van der Waals surface area contributed by atoms with Gasteiger partial charge in [-0.3, -0.25) is 0 Å². The molecule has 0 amide bonds. The van der Waals surface area contributed by atoms with E-state index in [1.807, 2.05) is 0 Å². The van der Waals surface area contributed by atoms with Crippen molar-refractivity contribution in [3.8, 4) is 5.75 Å². The van der Waals surface area contributed by atoms with Crippen LogP contribution < -0.4 is 9.57 Å². The van der Waals surface area contributed by atoms with Crippen LogP contribution in [-0.2, 0) is 0 Å². The summed E-state index contributed by atoms with van der Waals surface area (Å²) in [4.78, 5) is 15.1. The van der Waals surface area contributed by atoms with Gasteiger partial charge in [-0.1, -0.05) is 0 Å². The third-order valence-corrected chi connectivity index (χ3v) is 1.86. The Morgan fingerprint density at radius 2 is 2.40 bits per heavy atom. The smallest absolute Gasteiger partial charge is 0.390 e. The van der Waals surface area contributed by atoms with Crippen LogP contribution >= 0.6 is 15.9 Å². The average Bonchev–Trinajstić information content (AvgIpc) is 2.20. The molecule has 0 radical (unpaired) electrons. The van der Waals surface area contributed by atoms with Crippen molar-refractivity contribution in [2.75, 3.05) is 0 Å². The lowest BCUT2D eigenvalue weighted by molar-refractivity contribution is 0.0756. The van der Waals surface area contributed by atoms with E-state index in [4.69, 9.17) is 0 Å². The summed E-state index contributed by atoms with van der Waals surface area (Å²) < 4.78 is 6.54. The van der Waals surface area contributed by atoms with E-state index in [2.05, 4.69) is 25.5 Å². The molecule has 5 heteroatoms. The number of halogens is 1. The number of carbonyl (C=O) groups is 1. The van der Waals surface area contributed by atoms with Crippen LogP contribution in [0.4, 0.5) is 4.79 Å². The van der Waals surface area contributed by atoms with E-state index >= 15 is 0 Å². The summed E-state index contributed by atoms with van der Waals surface area (Å²) in [5.74, 6) is 0.483. The molecule has 2 heterocycles. The summed E-state index contributed by atoms with van der Waals surface area (Å²) in [6.45, 7) is 0. The van der Waals surface area contributed by atoms with Gasteiger partial charge in [0.15, 0.2) is 10.4 Å². The SMILES string of the molecule is O=C1Oc2ccn(c2Br)O1. The molecule has 0 saturated heterocycles. The first-order valence-corrected chi connectivity index (χ1v) is 3.33. The van der Waals surface area contributed by atoms with Crippen LogP contribution in [0.1, 0.15) is 0 Å². The van der Waals surface area contributed by atoms with E-state index in [0.717, 1.165) is 0 Å². The molecule has 0 unspecified atom stereocenters. The molecule has 0 aromatic carbocycles. The van der Waals surface area contributed by atoms with E-state index in [9.17, 15) is 4.79 Å². The minimum Gasteiger partial charge on any atom is -0.390 e. The molecule has 0 atom stereocenters. The van der Waals surface area contributed by atoms with Crippen LogP contribution in [0.3, 0.4) is 0 Å². The third-order valence-electron chi connectivity index (χ3n) is 1.12. The summed E-state index contributed by atoms with van der Waals surface area (Å²) in [6, 6.07) is 1.63. The van der Waals surface area contributed by atoms with Gasteiger partial charge in [-0.05, 0) is 15.9 Å². The number of carbonyl (C=O) groups excluding carboxylic acids is 1. The summed E-state index contributed by atoms with van der Waals surface area (Å²) in [6.07, 6.45) is 0.882. The number of hydrogen-bond donors (Lipinski definition) is 0. The first kappa shape index (κ1) is 5.79. The molecule has 1 aromatic rings. The van der Waals surface area contributed by atoms with E-state index in [0.29, 0.717) is 10.4 Å². The lowest BCUT2D eigenvalue weighted by Gasteiger charge is -2.10. The zero-order valence-electron chi connectivity index (χ0n) is 4.70. The highest BCUT2D eigenvalue weighted by Crippen LogP contribution is 2.28. The van der Waals surface area contributed by atoms with Crippen LogP contribution in [0.2, 0.25) is 0 Å². The Morgan fingerprint density at radius 1 is 1.60 bits per heavy atom. The first-order valence-electron chi connectivity index (χ1n) is 2.54. The monoisotopic (exact) mass is 203 g/mol. The second-order valence-electron chi connectivity index (χ2n) is 1.74. The Labute approximate surface area is 64.4 Å². The molecule has 1 aliphatic rings. The molecule has 0 saturated carbocycles. The summed E-state index contributed by atoms with van der Waals surface area (Å²) in [7, 11) is 0. The molecule has 1 aromatic heterocycles. The molecule has 10 heavy (non-hydrogen) atoms. The van der Waals surface area contributed by atoms with Gasteiger partial charge in [0.05, 0.1) is 0 Å². The number of nitrogens with zero attached hydrogens (tertiary/aromatic N) is 1. The van der Waals surface area contributed by atoms with Gasteiger partial charge in [0.1, 0.15) is 0 Å². The summed E-state index contributed by atoms with van der Waals surface area (Å²) in [5.41, 5.74) is 0. The van der Waals surface area contributed by atoms with Crippen molar-refractivity contribution in [1.29, 1.82) is 0 Å². The maximum absolute atomic E-state index is 10.5. The van der Waals surface area contributed by atoms with Gasteiger partial charge in [0, 0.05) is 12.3 Å². The molecule has 1 aliphatic heterocycles. The Kier molecular flexibility index (Phi) is 1.02. The minimum absolute atomic E-state index is 0.483. The fraction of sp³-hybridized carbons (Fsp3) is 0. The number of hydrogen-bond acceptors (Lipinski definition) is 3. The second-order valence-corrected chi connectivity index (χ2v) is 2.49. The van der Waals surface area contributed by atoms with Crippen molar-refractivity contribution >= 4 is 22.1 Å². The molecule has 2 rings (SSSR count). The lowest BCUT2D eigenvalue weighted by Crippen LogP contribution is -2.25. The van der Waals surface area contributed by atoms with Gasteiger partial charge >= 0.3 is 6.16 Å². The van der Waals surface area contributed by atoms with Crippen molar-refractivity contribution in [1.82, 2.24) is 4.73 Å². The molecule has 0 aliphatic carbocycles. The zero-order chi connectivity index (χ0) is 7.14. The maximum atomic E-state index is 10.5.